The average Bonchev–Trinajstić information content (AvgIpc) is 3.92. The molecule has 260 valence electrons. The summed E-state index contributed by atoms with van der Waals surface area (Å²) < 4.78 is 5.36. The second kappa shape index (κ2) is 14.8. The molecule has 3 heterocycles. The van der Waals surface area contributed by atoms with Crippen LogP contribution < -0.4 is 9.80 Å². The largest absolute Gasteiger partial charge is 0.339 e. The first-order valence-corrected chi connectivity index (χ1v) is 20.3. The first kappa shape index (κ1) is 33.2. The van der Waals surface area contributed by atoms with Crippen LogP contribution >= 0.6 is 22.7 Å². The van der Waals surface area contributed by atoms with Crippen LogP contribution in [-0.4, -0.2) is 4.57 Å². The fraction of sp³-hybridized carbons (Fsp3) is 0.125. The second-order valence-electron chi connectivity index (χ2n) is 13.6. The number of thiophene rings is 2. The minimum Gasteiger partial charge on any atom is -0.339 e. The van der Waals surface area contributed by atoms with Crippen LogP contribution in [0.3, 0.4) is 0 Å². The highest BCUT2D eigenvalue weighted by molar-refractivity contribution is 7.30. The molecule has 3 nitrogen and oxygen atoms in total. The van der Waals surface area contributed by atoms with Crippen molar-refractivity contribution in [1.29, 1.82) is 0 Å². The highest BCUT2D eigenvalue weighted by Crippen LogP contribution is 2.46. The number of aryl methyl sites for hydroxylation is 1. The number of unbranched alkanes of at least 4 members (excludes halogenated alkanes) is 1. The molecular formula is C48H41N3S2. The Bertz CT molecular complexity index is 2480. The second-order valence-corrected chi connectivity index (χ2v) is 15.7. The molecule has 0 spiro atoms. The number of allylic oxidation sites excluding steroid dienone is 4. The topological polar surface area (TPSA) is 11.4 Å². The van der Waals surface area contributed by atoms with E-state index in [9.17, 15) is 0 Å². The third-order valence-electron chi connectivity index (χ3n) is 10.1. The number of benzene rings is 5. The number of anilines is 5. The van der Waals surface area contributed by atoms with Crippen molar-refractivity contribution < 1.29 is 0 Å². The summed E-state index contributed by atoms with van der Waals surface area (Å²) in [4.78, 5) is 7.36. The Morgan fingerprint density at radius 1 is 0.547 bits per heavy atom. The first-order valence-electron chi connectivity index (χ1n) is 18.6. The van der Waals surface area contributed by atoms with Crippen LogP contribution in [0.5, 0.6) is 0 Å². The molecule has 0 atom stereocenters. The van der Waals surface area contributed by atoms with Gasteiger partial charge in [0.05, 0.1) is 20.4 Å². The number of rotatable bonds is 11. The van der Waals surface area contributed by atoms with E-state index in [0.717, 1.165) is 42.9 Å². The minimum absolute atomic E-state index is 1.03. The summed E-state index contributed by atoms with van der Waals surface area (Å²) in [5, 5.41) is 0. The van der Waals surface area contributed by atoms with Crippen molar-refractivity contribution in [3.63, 3.8) is 0 Å². The summed E-state index contributed by atoms with van der Waals surface area (Å²) in [7, 11) is 0. The van der Waals surface area contributed by atoms with Crippen LogP contribution in [0.2, 0.25) is 0 Å². The zero-order chi connectivity index (χ0) is 35.6. The van der Waals surface area contributed by atoms with Gasteiger partial charge in [0.2, 0.25) is 0 Å². The lowest BCUT2D eigenvalue weighted by atomic mass is 10.1. The minimum atomic E-state index is 1.03. The maximum absolute atomic E-state index is 2.57. The molecule has 0 unspecified atom stereocenters. The van der Waals surface area contributed by atoms with Crippen LogP contribution in [0.4, 0.5) is 28.4 Å². The number of nitrogens with zero attached hydrogens (tertiary/aromatic N) is 3. The Morgan fingerprint density at radius 2 is 1.00 bits per heavy atom. The van der Waals surface area contributed by atoms with Crippen LogP contribution in [0.15, 0.2) is 176 Å². The third kappa shape index (κ3) is 6.52. The maximum Gasteiger partial charge on any atom is 0.0707 e. The Morgan fingerprint density at radius 3 is 1.45 bits per heavy atom. The molecular weight excluding hydrogens is 683 g/mol. The Hall–Kier alpha value is -5.62. The van der Waals surface area contributed by atoms with E-state index in [0.29, 0.717) is 0 Å². The van der Waals surface area contributed by atoms with Crippen molar-refractivity contribution in [3.05, 3.63) is 176 Å². The highest BCUT2D eigenvalue weighted by Gasteiger charge is 2.20. The van der Waals surface area contributed by atoms with Gasteiger partial charge in [-0.2, -0.15) is 0 Å². The van der Waals surface area contributed by atoms with E-state index in [4.69, 9.17) is 0 Å². The maximum atomic E-state index is 2.57. The van der Waals surface area contributed by atoms with Gasteiger partial charge in [0, 0.05) is 50.4 Å². The quantitative estimate of drug-likeness (QED) is 0.132. The van der Waals surface area contributed by atoms with Crippen LogP contribution in [0.1, 0.15) is 32.6 Å². The van der Waals surface area contributed by atoms with Crippen molar-refractivity contribution in [2.75, 3.05) is 9.80 Å². The molecule has 1 aliphatic rings. The molecule has 5 heteroatoms. The molecule has 0 fully saturated rings. The molecule has 5 aromatic carbocycles. The zero-order valence-electron chi connectivity index (χ0n) is 29.9. The average molecular weight is 724 g/mol. The molecule has 53 heavy (non-hydrogen) atoms. The lowest BCUT2D eigenvalue weighted by Gasteiger charge is -2.29. The van der Waals surface area contributed by atoms with E-state index in [2.05, 4.69) is 191 Å². The number of hydrogen-bond donors (Lipinski definition) is 0. The van der Waals surface area contributed by atoms with Gasteiger partial charge < -0.3 is 14.4 Å². The molecule has 0 saturated carbocycles. The van der Waals surface area contributed by atoms with E-state index >= 15 is 0 Å². The number of para-hydroxylation sites is 3. The number of fused-ring (bicyclic) bond motifs is 3. The van der Waals surface area contributed by atoms with E-state index in [1.807, 2.05) is 22.7 Å². The van der Waals surface area contributed by atoms with Gasteiger partial charge in [-0.05, 0) is 109 Å². The van der Waals surface area contributed by atoms with Crippen molar-refractivity contribution in [3.8, 4) is 20.9 Å². The van der Waals surface area contributed by atoms with Gasteiger partial charge in [-0.3, -0.25) is 0 Å². The summed E-state index contributed by atoms with van der Waals surface area (Å²) in [6.07, 6.45) is 11.1. The molecule has 0 saturated heterocycles. The van der Waals surface area contributed by atoms with Crippen LogP contribution in [-0.2, 0) is 6.54 Å². The molecule has 3 aromatic heterocycles. The van der Waals surface area contributed by atoms with Gasteiger partial charge in [0.25, 0.3) is 0 Å². The normalized spacial score (nSPS) is 12.7. The van der Waals surface area contributed by atoms with E-state index in [-0.39, 0.29) is 0 Å². The van der Waals surface area contributed by atoms with Crippen molar-refractivity contribution in [2.24, 2.45) is 0 Å². The molecule has 0 amide bonds. The Labute approximate surface area is 320 Å². The standard InChI is InChI=1S/C48H41N3S2/c1-2-3-32-49-43-33-45(35-24-28-41(29-25-35)50(37-16-8-4-9-17-37)38-18-10-5-11-19-38)52-47(43)48-44(49)34-46(53-48)36-26-30-42(31-27-36)51(39-20-12-6-13-21-39)40-22-14-7-15-23-40/h4-14,16-22,24-31,33-34H,2-3,15,23,32H2,1H3. The molecule has 0 aliphatic heterocycles. The van der Waals surface area contributed by atoms with Gasteiger partial charge in [-0.15, -0.1) is 22.7 Å². The van der Waals surface area contributed by atoms with Crippen LogP contribution in [0.25, 0.3) is 41.3 Å². The van der Waals surface area contributed by atoms with Gasteiger partial charge in [0.15, 0.2) is 0 Å². The monoisotopic (exact) mass is 723 g/mol. The van der Waals surface area contributed by atoms with Gasteiger partial charge in [0.1, 0.15) is 0 Å². The van der Waals surface area contributed by atoms with Crippen LogP contribution in [0, 0.1) is 0 Å². The summed E-state index contributed by atoms with van der Waals surface area (Å²) in [6, 6.07) is 55.1. The van der Waals surface area contributed by atoms with Crippen molar-refractivity contribution >= 4 is 71.5 Å². The molecule has 8 aromatic rings. The van der Waals surface area contributed by atoms with E-state index in [1.54, 1.807) is 0 Å². The van der Waals surface area contributed by atoms with E-state index < -0.39 is 0 Å². The molecule has 1 aliphatic carbocycles. The predicted molar refractivity (Wildman–Crippen MR) is 231 cm³/mol. The fourth-order valence-corrected chi connectivity index (χ4v) is 9.93. The molecule has 9 rings (SSSR count). The lowest BCUT2D eigenvalue weighted by molar-refractivity contribution is 0.665. The van der Waals surface area contributed by atoms with Gasteiger partial charge in [-0.25, -0.2) is 0 Å². The SMILES string of the molecule is CCCCn1c2cc(-c3ccc(N(C4=CC=CCC4)c4ccccc4)cc3)sc2c2sc(-c3ccc(N(c4ccccc4)c4ccccc4)cc3)cc21. The third-order valence-corrected chi connectivity index (χ3v) is 12.6. The number of hydrogen-bond acceptors (Lipinski definition) is 4. The van der Waals surface area contributed by atoms with Crippen molar-refractivity contribution in [2.45, 2.75) is 39.2 Å². The summed E-state index contributed by atoms with van der Waals surface area (Å²) in [5.74, 6) is 0. The Balaban J connectivity index is 1.05. The lowest BCUT2D eigenvalue weighted by Crippen LogP contribution is -2.17. The predicted octanol–water partition coefficient (Wildman–Crippen LogP) is 14.9. The molecule has 0 N–H and O–H groups in total. The Kier molecular flexibility index (Phi) is 9.27. The van der Waals surface area contributed by atoms with Crippen molar-refractivity contribution in [1.82, 2.24) is 4.57 Å². The summed E-state index contributed by atoms with van der Waals surface area (Å²) in [6.45, 7) is 3.31. The first-order chi connectivity index (χ1) is 26.2. The number of aromatic nitrogens is 1. The van der Waals surface area contributed by atoms with Gasteiger partial charge in [-0.1, -0.05) is 104 Å². The zero-order valence-corrected chi connectivity index (χ0v) is 31.5. The van der Waals surface area contributed by atoms with E-state index in [1.165, 1.54) is 64.8 Å². The summed E-state index contributed by atoms with van der Waals surface area (Å²) >= 11 is 3.86. The fourth-order valence-electron chi connectivity index (χ4n) is 7.45. The summed E-state index contributed by atoms with van der Waals surface area (Å²) in [5.41, 5.74) is 12.4. The molecule has 0 radical (unpaired) electrons. The van der Waals surface area contributed by atoms with Gasteiger partial charge >= 0.3 is 0 Å². The smallest absolute Gasteiger partial charge is 0.0707 e. The molecule has 0 bridgehead atoms. The highest BCUT2D eigenvalue weighted by atomic mass is 32.1.